The van der Waals surface area contributed by atoms with Gasteiger partial charge in [0.2, 0.25) is 0 Å². The van der Waals surface area contributed by atoms with E-state index in [4.69, 9.17) is 4.74 Å². The van der Waals surface area contributed by atoms with Crippen LogP contribution < -0.4 is 4.74 Å². The lowest BCUT2D eigenvalue weighted by Gasteiger charge is -2.39. The molecule has 0 unspecified atom stereocenters. The Morgan fingerprint density at radius 3 is 1.76 bits per heavy atom. The Morgan fingerprint density at radius 1 is 0.388 bits per heavy atom. The number of hydrogen-bond acceptors (Lipinski definition) is 1. The molecule has 2 heterocycles. The number of fused-ring (bicyclic) bond motifs is 13. The highest BCUT2D eigenvalue weighted by Crippen LogP contribution is 2.62. The van der Waals surface area contributed by atoms with Crippen LogP contribution in [0.5, 0.6) is 11.5 Å². The SMILES string of the molecule is c1ccc2c(c1)Oc1ccc(-c3ccc(-n4c5ccccc5c5cc6ccccc6cc54)cc3)cc1C21c2ccccc2-c2ccccc21. The summed E-state index contributed by atoms with van der Waals surface area (Å²) >= 11 is 0. The van der Waals surface area contributed by atoms with Crippen LogP contribution in [0.15, 0.2) is 176 Å². The number of nitrogens with zero attached hydrogens (tertiary/aromatic N) is 1. The van der Waals surface area contributed by atoms with Gasteiger partial charge in [-0.25, -0.2) is 0 Å². The number of benzene rings is 8. The zero-order valence-electron chi connectivity index (χ0n) is 26.6. The summed E-state index contributed by atoms with van der Waals surface area (Å²) in [5.41, 5.74) is 13.0. The standard InChI is InChI=1S/C47H29NO/c1-2-12-32-29-44-38(27-31(32)11-1)37-15-5-9-19-43(37)48(44)34-24-21-30(22-25-34)33-23-26-46-42(28-33)47(41-18-8-10-20-45(41)49-46)39-16-6-3-13-35(39)36-14-4-7-17-40(36)47/h1-29H. The lowest BCUT2D eigenvalue weighted by atomic mass is 9.66. The number of aromatic nitrogens is 1. The van der Waals surface area contributed by atoms with Crippen LogP contribution in [-0.4, -0.2) is 4.57 Å². The summed E-state index contributed by atoms with van der Waals surface area (Å²) in [6.45, 7) is 0. The van der Waals surface area contributed by atoms with Gasteiger partial charge in [-0.15, -0.1) is 0 Å². The van der Waals surface area contributed by atoms with Crippen LogP contribution in [-0.2, 0) is 5.41 Å². The molecule has 2 aliphatic rings. The molecule has 0 amide bonds. The van der Waals surface area contributed by atoms with Crippen molar-refractivity contribution in [2.24, 2.45) is 0 Å². The molecule has 0 atom stereocenters. The van der Waals surface area contributed by atoms with Crippen molar-refractivity contribution in [3.05, 3.63) is 198 Å². The van der Waals surface area contributed by atoms with Crippen LogP contribution in [0.2, 0.25) is 0 Å². The zero-order valence-corrected chi connectivity index (χ0v) is 26.6. The fourth-order valence-corrected chi connectivity index (χ4v) is 8.77. The third-order valence-electron chi connectivity index (χ3n) is 10.8. The number of hydrogen-bond donors (Lipinski definition) is 0. The van der Waals surface area contributed by atoms with Crippen molar-refractivity contribution >= 4 is 32.6 Å². The average Bonchev–Trinajstić information content (AvgIpc) is 3.64. The summed E-state index contributed by atoms with van der Waals surface area (Å²) in [5, 5.41) is 5.05. The van der Waals surface area contributed by atoms with Crippen LogP contribution in [0.3, 0.4) is 0 Å². The van der Waals surface area contributed by atoms with Crippen LogP contribution in [0.25, 0.3) is 60.5 Å². The molecule has 228 valence electrons. The highest BCUT2D eigenvalue weighted by Gasteiger charge is 2.50. The molecule has 2 heteroatoms. The second-order valence-electron chi connectivity index (χ2n) is 13.3. The van der Waals surface area contributed by atoms with Gasteiger partial charge < -0.3 is 9.30 Å². The molecule has 0 saturated carbocycles. The molecule has 0 N–H and O–H groups in total. The Bertz CT molecular complexity index is 2760. The van der Waals surface area contributed by atoms with Gasteiger partial charge in [0.15, 0.2) is 0 Å². The molecule has 0 bridgehead atoms. The van der Waals surface area contributed by atoms with E-state index in [2.05, 4.69) is 180 Å². The van der Waals surface area contributed by atoms with Gasteiger partial charge in [0, 0.05) is 27.6 Å². The Kier molecular flexibility index (Phi) is 5.34. The molecule has 1 aliphatic heterocycles. The van der Waals surface area contributed by atoms with Gasteiger partial charge in [0.1, 0.15) is 11.5 Å². The van der Waals surface area contributed by atoms with E-state index < -0.39 is 5.41 Å². The molecule has 49 heavy (non-hydrogen) atoms. The van der Waals surface area contributed by atoms with Crippen molar-refractivity contribution in [3.8, 4) is 39.4 Å². The van der Waals surface area contributed by atoms with E-state index in [0.29, 0.717) is 0 Å². The van der Waals surface area contributed by atoms with Gasteiger partial charge in [-0.2, -0.15) is 0 Å². The molecule has 0 fully saturated rings. The molecule has 8 aromatic carbocycles. The molecule has 1 aromatic heterocycles. The molecule has 9 aromatic rings. The average molecular weight is 624 g/mol. The first kappa shape index (κ1) is 26.7. The topological polar surface area (TPSA) is 14.2 Å². The molecule has 11 rings (SSSR count). The lowest BCUT2D eigenvalue weighted by molar-refractivity contribution is 0.436. The Balaban J connectivity index is 1.10. The van der Waals surface area contributed by atoms with Gasteiger partial charge >= 0.3 is 0 Å². The summed E-state index contributed by atoms with van der Waals surface area (Å²) in [7, 11) is 0. The highest BCUT2D eigenvalue weighted by atomic mass is 16.5. The fourth-order valence-electron chi connectivity index (χ4n) is 8.77. The second-order valence-corrected chi connectivity index (χ2v) is 13.3. The number of rotatable bonds is 2. The maximum atomic E-state index is 6.66. The maximum Gasteiger partial charge on any atom is 0.132 e. The van der Waals surface area contributed by atoms with E-state index in [0.717, 1.165) is 17.2 Å². The Morgan fingerprint density at radius 2 is 0.980 bits per heavy atom. The summed E-state index contributed by atoms with van der Waals surface area (Å²) in [5.74, 6) is 1.82. The quantitative estimate of drug-likeness (QED) is 0.187. The van der Waals surface area contributed by atoms with Crippen molar-refractivity contribution < 1.29 is 4.74 Å². The van der Waals surface area contributed by atoms with Gasteiger partial charge in [-0.1, -0.05) is 127 Å². The van der Waals surface area contributed by atoms with Gasteiger partial charge in [0.05, 0.1) is 16.4 Å². The number of ether oxygens (including phenoxy) is 1. The van der Waals surface area contributed by atoms with Gasteiger partial charge in [0.25, 0.3) is 0 Å². The Hall–Kier alpha value is -6.38. The van der Waals surface area contributed by atoms with E-state index in [1.54, 1.807) is 0 Å². The van der Waals surface area contributed by atoms with Gasteiger partial charge in [-0.05, 0) is 92.7 Å². The van der Waals surface area contributed by atoms with E-state index in [1.807, 2.05) is 0 Å². The smallest absolute Gasteiger partial charge is 0.132 e. The molecular formula is C47H29NO. The molecule has 2 nitrogen and oxygen atoms in total. The van der Waals surface area contributed by atoms with Crippen molar-refractivity contribution in [2.45, 2.75) is 5.41 Å². The minimum atomic E-state index is -0.473. The third kappa shape index (κ3) is 3.55. The van der Waals surface area contributed by atoms with Crippen molar-refractivity contribution in [1.29, 1.82) is 0 Å². The molecule has 0 radical (unpaired) electrons. The van der Waals surface area contributed by atoms with Crippen molar-refractivity contribution in [3.63, 3.8) is 0 Å². The highest BCUT2D eigenvalue weighted by molar-refractivity contribution is 6.13. The number of para-hydroxylation sites is 2. The fraction of sp³-hybridized carbons (Fsp3) is 0.0213. The molecule has 1 spiro atoms. The van der Waals surface area contributed by atoms with Crippen LogP contribution in [0.1, 0.15) is 22.3 Å². The molecule has 0 saturated heterocycles. The largest absolute Gasteiger partial charge is 0.457 e. The van der Waals surface area contributed by atoms with Crippen molar-refractivity contribution in [2.75, 3.05) is 0 Å². The first-order valence-corrected chi connectivity index (χ1v) is 16.9. The zero-order chi connectivity index (χ0) is 32.1. The Labute approximate surface area is 284 Å². The summed E-state index contributed by atoms with van der Waals surface area (Å²) in [4.78, 5) is 0. The van der Waals surface area contributed by atoms with E-state index in [-0.39, 0.29) is 0 Å². The predicted octanol–water partition coefficient (Wildman–Crippen LogP) is 12.1. The summed E-state index contributed by atoms with van der Waals surface area (Å²) in [6.07, 6.45) is 0. The lowest BCUT2D eigenvalue weighted by Crippen LogP contribution is -2.32. The monoisotopic (exact) mass is 623 g/mol. The minimum Gasteiger partial charge on any atom is -0.457 e. The van der Waals surface area contributed by atoms with Crippen LogP contribution in [0, 0.1) is 0 Å². The third-order valence-corrected chi connectivity index (χ3v) is 10.8. The maximum absolute atomic E-state index is 6.66. The minimum absolute atomic E-state index is 0.473. The summed E-state index contributed by atoms with van der Waals surface area (Å²) < 4.78 is 9.06. The van der Waals surface area contributed by atoms with Crippen LogP contribution >= 0.6 is 0 Å². The van der Waals surface area contributed by atoms with E-state index in [9.17, 15) is 0 Å². The van der Waals surface area contributed by atoms with Crippen molar-refractivity contribution in [1.82, 2.24) is 4.57 Å². The summed E-state index contributed by atoms with van der Waals surface area (Å²) in [6, 6.07) is 64.1. The molecular weight excluding hydrogens is 595 g/mol. The van der Waals surface area contributed by atoms with E-state index in [1.165, 1.54) is 77.1 Å². The van der Waals surface area contributed by atoms with Gasteiger partial charge in [-0.3, -0.25) is 0 Å². The second kappa shape index (κ2) is 9.82. The first-order valence-electron chi connectivity index (χ1n) is 16.9. The predicted molar refractivity (Wildman–Crippen MR) is 201 cm³/mol. The van der Waals surface area contributed by atoms with E-state index >= 15 is 0 Å². The molecule has 1 aliphatic carbocycles. The van der Waals surface area contributed by atoms with Crippen LogP contribution in [0.4, 0.5) is 0 Å². The normalized spacial score (nSPS) is 13.6. The first-order chi connectivity index (χ1) is 24.3.